The minimum absolute atomic E-state index is 0.0284. The Kier molecular flexibility index (Phi) is 9.05. The van der Waals surface area contributed by atoms with Crippen molar-refractivity contribution in [3.8, 4) is 0 Å². The van der Waals surface area contributed by atoms with E-state index in [9.17, 15) is 9.59 Å². The van der Waals surface area contributed by atoms with Crippen LogP contribution in [0.1, 0.15) is 39.0 Å². The molecule has 5 nitrogen and oxygen atoms in total. The standard InChI is InChI=1S/C12H21NO4/c1-2-3-4-5-6-7-11(15)13-10(8-9-14)12(16)17/h5-6,10,14H,2-4,7-9H2,1H3,(H,13,15)(H,16,17)/b6-5+/t10-/m0/s1. The Balaban J connectivity index is 3.89. The molecule has 0 fully saturated rings. The highest BCUT2D eigenvalue weighted by Crippen LogP contribution is 1.97. The molecule has 17 heavy (non-hydrogen) atoms. The van der Waals surface area contributed by atoms with Crippen molar-refractivity contribution in [1.29, 1.82) is 0 Å². The number of aliphatic hydroxyl groups excluding tert-OH is 1. The van der Waals surface area contributed by atoms with Gasteiger partial charge < -0.3 is 15.5 Å². The topological polar surface area (TPSA) is 86.6 Å². The van der Waals surface area contributed by atoms with E-state index in [1.165, 1.54) is 0 Å². The SMILES string of the molecule is CCCC/C=C/CC(=O)N[C@@H](CCO)C(=O)O. The maximum Gasteiger partial charge on any atom is 0.326 e. The molecular formula is C12H21NO4. The third kappa shape index (κ3) is 8.45. The number of allylic oxidation sites excluding steroid dienone is 1. The van der Waals surface area contributed by atoms with E-state index < -0.39 is 12.0 Å². The number of nitrogens with one attached hydrogen (secondary N) is 1. The molecule has 0 rings (SSSR count). The highest BCUT2D eigenvalue weighted by atomic mass is 16.4. The van der Waals surface area contributed by atoms with Gasteiger partial charge in [0.05, 0.1) is 0 Å². The minimum Gasteiger partial charge on any atom is -0.480 e. The van der Waals surface area contributed by atoms with Crippen molar-refractivity contribution in [3.05, 3.63) is 12.2 Å². The van der Waals surface area contributed by atoms with Crippen LogP contribution in [0.4, 0.5) is 0 Å². The number of aliphatic hydroxyl groups is 1. The lowest BCUT2D eigenvalue weighted by Gasteiger charge is -2.12. The zero-order valence-corrected chi connectivity index (χ0v) is 10.2. The molecule has 0 aromatic carbocycles. The molecule has 0 aliphatic heterocycles. The lowest BCUT2D eigenvalue weighted by molar-refractivity contribution is -0.142. The van der Waals surface area contributed by atoms with Crippen LogP contribution < -0.4 is 5.32 Å². The quantitative estimate of drug-likeness (QED) is 0.417. The van der Waals surface area contributed by atoms with Crippen molar-refractivity contribution in [1.82, 2.24) is 5.32 Å². The van der Waals surface area contributed by atoms with Gasteiger partial charge in [-0.15, -0.1) is 0 Å². The summed E-state index contributed by atoms with van der Waals surface area (Å²) < 4.78 is 0. The zero-order valence-electron chi connectivity index (χ0n) is 10.2. The van der Waals surface area contributed by atoms with Crippen LogP contribution in [0.15, 0.2) is 12.2 Å². The second-order valence-electron chi connectivity index (χ2n) is 3.79. The largest absolute Gasteiger partial charge is 0.480 e. The molecule has 0 saturated carbocycles. The number of hydrogen-bond acceptors (Lipinski definition) is 3. The number of aliphatic carboxylic acids is 1. The predicted octanol–water partition coefficient (Wildman–Crippen LogP) is 1.07. The van der Waals surface area contributed by atoms with Crippen LogP contribution >= 0.6 is 0 Å². The van der Waals surface area contributed by atoms with Gasteiger partial charge in [0.1, 0.15) is 6.04 Å². The Labute approximate surface area is 102 Å². The molecule has 0 aliphatic rings. The molecule has 0 radical (unpaired) electrons. The van der Waals surface area contributed by atoms with Gasteiger partial charge in [-0.05, 0) is 6.42 Å². The van der Waals surface area contributed by atoms with Crippen LogP contribution in [0.25, 0.3) is 0 Å². The van der Waals surface area contributed by atoms with E-state index in [4.69, 9.17) is 10.2 Å². The number of carboxylic acids is 1. The van der Waals surface area contributed by atoms with Gasteiger partial charge in [-0.3, -0.25) is 4.79 Å². The van der Waals surface area contributed by atoms with E-state index in [1.807, 2.05) is 6.08 Å². The molecule has 98 valence electrons. The maximum absolute atomic E-state index is 11.4. The Morgan fingerprint density at radius 3 is 2.59 bits per heavy atom. The third-order valence-electron chi connectivity index (χ3n) is 2.25. The highest BCUT2D eigenvalue weighted by molar-refractivity contribution is 5.84. The summed E-state index contributed by atoms with van der Waals surface area (Å²) in [5.41, 5.74) is 0. The fourth-order valence-electron chi connectivity index (χ4n) is 1.27. The molecule has 0 bridgehead atoms. The fraction of sp³-hybridized carbons (Fsp3) is 0.667. The lowest BCUT2D eigenvalue weighted by Crippen LogP contribution is -2.41. The van der Waals surface area contributed by atoms with E-state index in [-0.39, 0.29) is 25.4 Å². The molecule has 3 N–H and O–H groups in total. The van der Waals surface area contributed by atoms with E-state index in [0.717, 1.165) is 19.3 Å². The minimum atomic E-state index is -1.12. The van der Waals surface area contributed by atoms with Crippen molar-refractivity contribution in [2.45, 2.75) is 45.1 Å². The first kappa shape index (κ1) is 15.6. The molecule has 0 aromatic rings. The maximum atomic E-state index is 11.4. The van der Waals surface area contributed by atoms with Crippen molar-refractivity contribution >= 4 is 11.9 Å². The van der Waals surface area contributed by atoms with Crippen molar-refractivity contribution < 1.29 is 19.8 Å². The summed E-state index contributed by atoms with van der Waals surface area (Å²) in [7, 11) is 0. The van der Waals surface area contributed by atoms with Crippen LogP contribution in [0.3, 0.4) is 0 Å². The molecule has 0 unspecified atom stereocenters. The summed E-state index contributed by atoms with van der Waals surface area (Å²) >= 11 is 0. The first-order chi connectivity index (χ1) is 8.11. The number of hydrogen-bond donors (Lipinski definition) is 3. The van der Waals surface area contributed by atoms with E-state index >= 15 is 0 Å². The molecule has 5 heteroatoms. The summed E-state index contributed by atoms with van der Waals surface area (Å²) in [4.78, 5) is 22.1. The Morgan fingerprint density at radius 1 is 1.35 bits per heavy atom. The van der Waals surface area contributed by atoms with E-state index in [1.54, 1.807) is 6.08 Å². The number of amides is 1. The van der Waals surface area contributed by atoms with Gasteiger partial charge in [-0.1, -0.05) is 31.9 Å². The molecule has 0 aromatic heterocycles. The van der Waals surface area contributed by atoms with Gasteiger partial charge in [0.25, 0.3) is 0 Å². The molecule has 0 spiro atoms. The lowest BCUT2D eigenvalue weighted by atomic mass is 10.2. The number of carbonyl (C=O) groups excluding carboxylic acids is 1. The number of carboxylic acid groups (broad SMARTS) is 1. The van der Waals surface area contributed by atoms with Crippen molar-refractivity contribution in [2.24, 2.45) is 0 Å². The molecule has 0 heterocycles. The summed E-state index contributed by atoms with van der Waals surface area (Å²) in [6, 6.07) is -1.00. The molecule has 1 atom stereocenters. The highest BCUT2D eigenvalue weighted by Gasteiger charge is 2.18. The average molecular weight is 243 g/mol. The van der Waals surface area contributed by atoms with Gasteiger partial charge in [-0.2, -0.15) is 0 Å². The van der Waals surface area contributed by atoms with Crippen LogP contribution in [0.5, 0.6) is 0 Å². The second kappa shape index (κ2) is 9.84. The van der Waals surface area contributed by atoms with Crippen LogP contribution in [-0.4, -0.2) is 34.7 Å². The van der Waals surface area contributed by atoms with Crippen molar-refractivity contribution in [3.63, 3.8) is 0 Å². The Bertz CT molecular complexity index is 263. The first-order valence-corrected chi connectivity index (χ1v) is 5.89. The summed E-state index contributed by atoms with van der Waals surface area (Å²) in [6.07, 6.45) is 6.99. The summed E-state index contributed by atoms with van der Waals surface area (Å²) in [5, 5.41) is 19.8. The van der Waals surface area contributed by atoms with E-state index in [0.29, 0.717) is 0 Å². The first-order valence-electron chi connectivity index (χ1n) is 5.89. The summed E-state index contributed by atoms with van der Waals surface area (Å²) in [6.45, 7) is 1.83. The van der Waals surface area contributed by atoms with Gasteiger partial charge in [-0.25, -0.2) is 4.79 Å². The summed E-state index contributed by atoms with van der Waals surface area (Å²) in [5.74, 6) is -1.46. The smallest absolute Gasteiger partial charge is 0.326 e. The molecule has 0 saturated heterocycles. The van der Waals surface area contributed by atoms with Gasteiger partial charge in [0.15, 0.2) is 0 Å². The molecule has 1 amide bonds. The van der Waals surface area contributed by atoms with Crippen LogP contribution in [0, 0.1) is 0 Å². The van der Waals surface area contributed by atoms with Crippen LogP contribution in [0.2, 0.25) is 0 Å². The van der Waals surface area contributed by atoms with E-state index in [2.05, 4.69) is 12.2 Å². The van der Waals surface area contributed by atoms with Crippen LogP contribution in [-0.2, 0) is 9.59 Å². The van der Waals surface area contributed by atoms with Gasteiger partial charge in [0, 0.05) is 19.4 Å². The molecular weight excluding hydrogens is 222 g/mol. The van der Waals surface area contributed by atoms with Gasteiger partial charge >= 0.3 is 5.97 Å². The predicted molar refractivity (Wildman–Crippen MR) is 64.6 cm³/mol. The Morgan fingerprint density at radius 2 is 2.06 bits per heavy atom. The number of carbonyl (C=O) groups is 2. The third-order valence-corrected chi connectivity index (χ3v) is 2.25. The normalized spacial score (nSPS) is 12.6. The van der Waals surface area contributed by atoms with Crippen molar-refractivity contribution in [2.75, 3.05) is 6.61 Å². The number of rotatable bonds is 9. The van der Waals surface area contributed by atoms with Gasteiger partial charge in [0.2, 0.25) is 5.91 Å². The number of unbranched alkanes of at least 4 members (excludes halogenated alkanes) is 2. The average Bonchev–Trinajstić information content (AvgIpc) is 2.28. The monoisotopic (exact) mass is 243 g/mol. The molecule has 0 aliphatic carbocycles. The zero-order chi connectivity index (χ0) is 13.1. The fourth-order valence-corrected chi connectivity index (χ4v) is 1.27. The Hall–Kier alpha value is -1.36. The second-order valence-corrected chi connectivity index (χ2v) is 3.79.